The fourth-order valence-electron chi connectivity index (χ4n) is 0.677. The molecule has 1 fully saturated rings. The Labute approximate surface area is 69.2 Å². The molecular formula is C10H17N. The third kappa shape index (κ3) is 3.35. The highest BCUT2D eigenvalue weighted by atomic mass is 14.7. The van der Waals surface area contributed by atoms with Crippen molar-refractivity contribution in [2.45, 2.75) is 33.6 Å². The molecule has 0 heterocycles. The Kier molecular flexibility index (Phi) is 2.86. The molecule has 1 nitrogen and oxygen atoms in total. The summed E-state index contributed by atoms with van der Waals surface area (Å²) in [4.78, 5) is 4.27. The van der Waals surface area contributed by atoms with Crippen LogP contribution in [0, 0.1) is 11.8 Å². The van der Waals surface area contributed by atoms with Gasteiger partial charge in [0.15, 0.2) is 0 Å². The molecule has 0 saturated heterocycles. The Balaban J connectivity index is 2.31. The molecule has 0 spiro atoms. The molecule has 0 unspecified atom stereocenters. The molecule has 0 atom stereocenters. The van der Waals surface area contributed by atoms with E-state index in [-0.39, 0.29) is 0 Å². The number of hydrogen-bond donors (Lipinski definition) is 0. The molecule has 0 aromatic rings. The molecule has 0 aliphatic heterocycles. The van der Waals surface area contributed by atoms with Gasteiger partial charge >= 0.3 is 0 Å². The monoisotopic (exact) mass is 151 g/mol. The van der Waals surface area contributed by atoms with Gasteiger partial charge in [0, 0.05) is 12.4 Å². The second-order valence-electron chi connectivity index (χ2n) is 3.66. The van der Waals surface area contributed by atoms with E-state index in [0.29, 0.717) is 5.92 Å². The molecule has 0 bridgehead atoms. The smallest absolute Gasteiger partial charge is 0.0255 e. The number of allylic oxidation sites excluding steroid dienone is 1. The molecule has 0 aromatic heterocycles. The molecule has 0 amide bonds. The predicted molar refractivity (Wildman–Crippen MR) is 49.8 cm³/mol. The van der Waals surface area contributed by atoms with Crippen molar-refractivity contribution in [3.8, 4) is 0 Å². The molecule has 0 N–H and O–H groups in total. The molecule has 1 saturated carbocycles. The highest BCUT2D eigenvalue weighted by Gasteiger charge is 2.17. The summed E-state index contributed by atoms with van der Waals surface area (Å²) in [5, 5.41) is 0. The molecule has 1 rings (SSSR count). The van der Waals surface area contributed by atoms with Crippen molar-refractivity contribution < 1.29 is 0 Å². The highest BCUT2D eigenvalue weighted by Crippen LogP contribution is 2.26. The fraction of sp³-hybridized carbons (Fsp3) is 0.700. The van der Waals surface area contributed by atoms with Crippen LogP contribution in [-0.4, -0.2) is 6.21 Å². The lowest BCUT2D eigenvalue weighted by Crippen LogP contribution is -1.87. The van der Waals surface area contributed by atoms with Gasteiger partial charge in [0.25, 0.3) is 0 Å². The van der Waals surface area contributed by atoms with E-state index in [0.717, 1.165) is 5.92 Å². The molecule has 1 aliphatic rings. The molecule has 0 aromatic carbocycles. The molecule has 1 aliphatic carbocycles. The molecular weight excluding hydrogens is 134 g/mol. The van der Waals surface area contributed by atoms with Crippen LogP contribution < -0.4 is 0 Å². The number of nitrogens with zero attached hydrogens (tertiary/aromatic N) is 1. The summed E-state index contributed by atoms with van der Waals surface area (Å²) in [5.74, 6) is 1.43. The van der Waals surface area contributed by atoms with Gasteiger partial charge in [0.05, 0.1) is 0 Å². The Hall–Kier alpha value is -0.590. The van der Waals surface area contributed by atoms with Crippen LogP contribution >= 0.6 is 0 Å². The van der Waals surface area contributed by atoms with Crippen molar-refractivity contribution in [2.75, 3.05) is 0 Å². The van der Waals surface area contributed by atoms with Crippen LogP contribution in [0.3, 0.4) is 0 Å². The number of hydrogen-bond acceptors (Lipinski definition) is 1. The normalized spacial score (nSPS) is 20.2. The first-order chi connectivity index (χ1) is 5.20. The van der Waals surface area contributed by atoms with Gasteiger partial charge < -0.3 is 0 Å². The van der Waals surface area contributed by atoms with E-state index in [4.69, 9.17) is 0 Å². The maximum Gasteiger partial charge on any atom is 0.0255 e. The van der Waals surface area contributed by atoms with Crippen molar-refractivity contribution in [2.24, 2.45) is 16.8 Å². The van der Waals surface area contributed by atoms with Crippen LogP contribution in [0.2, 0.25) is 0 Å². The Morgan fingerprint density at radius 3 is 2.55 bits per heavy atom. The summed E-state index contributed by atoms with van der Waals surface area (Å²) in [7, 11) is 0. The first-order valence-electron chi connectivity index (χ1n) is 4.40. The predicted octanol–water partition coefficient (Wildman–Crippen LogP) is 3.03. The molecule has 11 heavy (non-hydrogen) atoms. The zero-order valence-electron chi connectivity index (χ0n) is 7.67. The van der Waals surface area contributed by atoms with Crippen LogP contribution in [0.4, 0.5) is 0 Å². The summed E-state index contributed by atoms with van der Waals surface area (Å²) in [6.45, 7) is 6.52. The van der Waals surface area contributed by atoms with Gasteiger partial charge in [-0.25, -0.2) is 0 Å². The van der Waals surface area contributed by atoms with E-state index in [2.05, 4.69) is 32.0 Å². The van der Waals surface area contributed by atoms with Crippen LogP contribution in [-0.2, 0) is 0 Å². The minimum absolute atomic E-state index is 0.631. The quantitative estimate of drug-likeness (QED) is 0.550. The van der Waals surface area contributed by atoms with Crippen LogP contribution in [0.5, 0.6) is 0 Å². The van der Waals surface area contributed by atoms with Gasteiger partial charge in [-0.3, -0.25) is 4.99 Å². The van der Waals surface area contributed by atoms with Crippen molar-refractivity contribution in [3.05, 3.63) is 11.8 Å². The van der Waals surface area contributed by atoms with Crippen LogP contribution in [0.25, 0.3) is 0 Å². The largest absolute Gasteiger partial charge is 0.269 e. The molecule has 1 heteroatoms. The lowest BCUT2D eigenvalue weighted by Gasteiger charge is -2.00. The standard InChI is InChI=1S/C10H17N/c1-8(2)9(3)6-11-7-10-4-5-10/h6-8,10H,4-5H2,1-3H3/b9-6+,11-7?. The second-order valence-corrected chi connectivity index (χ2v) is 3.66. The summed E-state index contributed by atoms with van der Waals surface area (Å²) < 4.78 is 0. The first kappa shape index (κ1) is 8.51. The van der Waals surface area contributed by atoms with E-state index in [1.807, 2.05) is 6.20 Å². The van der Waals surface area contributed by atoms with E-state index in [1.54, 1.807) is 0 Å². The van der Waals surface area contributed by atoms with Crippen LogP contribution in [0.15, 0.2) is 16.8 Å². The van der Waals surface area contributed by atoms with Gasteiger partial charge in [0.2, 0.25) is 0 Å². The second kappa shape index (κ2) is 3.70. The lowest BCUT2D eigenvalue weighted by atomic mass is 10.1. The Morgan fingerprint density at radius 1 is 1.45 bits per heavy atom. The average molecular weight is 151 g/mol. The third-order valence-corrected chi connectivity index (χ3v) is 2.11. The van der Waals surface area contributed by atoms with Gasteiger partial charge in [0.1, 0.15) is 0 Å². The minimum Gasteiger partial charge on any atom is -0.269 e. The lowest BCUT2D eigenvalue weighted by molar-refractivity contribution is 0.766. The van der Waals surface area contributed by atoms with Gasteiger partial charge in [-0.05, 0) is 31.6 Å². The maximum atomic E-state index is 4.27. The first-order valence-corrected chi connectivity index (χ1v) is 4.40. The zero-order chi connectivity index (χ0) is 8.27. The highest BCUT2D eigenvalue weighted by molar-refractivity contribution is 5.64. The number of aliphatic imine (C=N–C) groups is 1. The molecule has 62 valence electrons. The van der Waals surface area contributed by atoms with Crippen molar-refractivity contribution in [1.82, 2.24) is 0 Å². The molecule has 0 radical (unpaired) electrons. The third-order valence-electron chi connectivity index (χ3n) is 2.11. The Bertz CT molecular complexity index is 173. The summed E-state index contributed by atoms with van der Waals surface area (Å²) >= 11 is 0. The maximum absolute atomic E-state index is 4.27. The van der Waals surface area contributed by atoms with Crippen molar-refractivity contribution in [1.29, 1.82) is 0 Å². The SMILES string of the molecule is C/C(=C\N=CC1CC1)C(C)C. The minimum atomic E-state index is 0.631. The van der Waals surface area contributed by atoms with E-state index in [1.165, 1.54) is 18.4 Å². The van der Waals surface area contributed by atoms with Gasteiger partial charge in [-0.15, -0.1) is 0 Å². The van der Waals surface area contributed by atoms with Gasteiger partial charge in [-0.1, -0.05) is 19.4 Å². The summed E-state index contributed by atoms with van der Waals surface area (Å²) in [6, 6.07) is 0. The van der Waals surface area contributed by atoms with E-state index >= 15 is 0 Å². The topological polar surface area (TPSA) is 12.4 Å². The fourth-order valence-corrected chi connectivity index (χ4v) is 0.677. The zero-order valence-corrected chi connectivity index (χ0v) is 7.67. The average Bonchev–Trinajstić information content (AvgIpc) is 2.71. The summed E-state index contributed by atoms with van der Waals surface area (Å²) in [6.07, 6.45) is 6.75. The van der Waals surface area contributed by atoms with Crippen molar-refractivity contribution >= 4 is 6.21 Å². The van der Waals surface area contributed by atoms with Gasteiger partial charge in [-0.2, -0.15) is 0 Å². The van der Waals surface area contributed by atoms with E-state index < -0.39 is 0 Å². The van der Waals surface area contributed by atoms with Crippen molar-refractivity contribution in [3.63, 3.8) is 0 Å². The van der Waals surface area contributed by atoms with E-state index in [9.17, 15) is 0 Å². The number of rotatable bonds is 3. The summed E-state index contributed by atoms with van der Waals surface area (Å²) in [5.41, 5.74) is 1.36. The van der Waals surface area contributed by atoms with Crippen LogP contribution in [0.1, 0.15) is 33.6 Å². The Morgan fingerprint density at radius 2 is 2.09 bits per heavy atom.